The zero-order valence-electron chi connectivity index (χ0n) is 15.3. The lowest BCUT2D eigenvalue weighted by atomic mass is 9.96. The van der Waals surface area contributed by atoms with Crippen molar-refractivity contribution >= 4 is 34.2 Å². The number of nitrogens with zero attached hydrogens (tertiary/aromatic N) is 3. The molecule has 28 heavy (non-hydrogen) atoms. The molecule has 1 aliphatic heterocycles. The second kappa shape index (κ2) is 8.83. The molecule has 0 saturated carbocycles. The summed E-state index contributed by atoms with van der Waals surface area (Å²) >= 11 is 2.25. The molecule has 7 heteroatoms. The first-order chi connectivity index (χ1) is 13.7. The number of nitrogens with one attached hydrogen (secondary N) is 1. The first kappa shape index (κ1) is 19.1. The van der Waals surface area contributed by atoms with Gasteiger partial charge >= 0.3 is 0 Å². The summed E-state index contributed by atoms with van der Waals surface area (Å²) in [5.41, 5.74) is 1.80. The minimum atomic E-state index is 0.0399. The highest BCUT2D eigenvalue weighted by Crippen LogP contribution is 2.22. The lowest BCUT2D eigenvalue weighted by Crippen LogP contribution is -2.37. The number of carbonyl (C=O) groups is 1. The van der Waals surface area contributed by atoms with Gasteiger partial charge in [-0.2, -0.15) is 4.98 Å². The standard InChI is InChI=1S/C21H21IN4O2/c22-17-6-8-18(9-7-17)23-21(27)16-10-12-26(13-11-16)14-19-24-20(25-28-19)15-4-2-1-3-5-15/h1-9,16H,10-14H2,(H,23,27). The highest BCUT2D eigenvalue weighted by molar-refractivity contribution is 14.1. The monoisotopic (exact) mass is 488 g/mol. The molecule has 4 rings (SSSR count). The first-order valence-electron chi connectivity index (χ1n) is 9.34. The van der Waals surface area contributed by atoms with Gasteiger partial charge in [-0.25, -0.2) is 0 Å². The van der Waals surface area contributed by atoms with Crippen LogP contribution in [0.1, 0.15) is 18.7 Å². The summed E-state index contributed by atoms with van der Waals surface area (Å²) in [5, 5.41) is 7.09. The van der Waals surface area contributed by atoms with Crippen LogP contribution in [0.4, 0.5) is 5.69 Å². The Morgan fingerprint density at radius 1 is 1.11 bits per heavy atom. The predicted molar refractivity (Wildman–Crippen MR) is 116 cm³/mol. The van der Waals surface area contributed by atoms with Gasteiger partial charge in [0.1, 0.15) is 0 Å². The number of aromatic nitrogens is 2. The molecule has 0 aliphatic carbocycles. The summed E-state index contributed by atoms with van der Waals surface area (Å²) in [7, 11) is 0. The zero-order chi connectivity index (χ0) is 19.3. The number of hydrogen-bond donors (Lipinski definition) is 1. The molecule has 1 aliphatic rings. The van der Waals surface area contributed by atoms with Crippen LogP contribution in [-0.4, -0.2) is 34.0 Å². The second-order valence-electron chi connectivity index (χ2n) is 6.92. The SMILES string of the molecule is O=C(Nc1ccc(I)cc1)C1CCN(Cc2nc(-c3ccccc3)no2)CC1. The van der Waals surface area contributed by atoms with Crippen molar-refractivity contribution in [2.24, 2.45) is 5.92 Å². The van der Waals surface area contributed by atoms with Crippen molar-refractivity contribution in [1.29, 1.82) is 0 Å². The molecule has 3 aromatic rings. The average Bonchev–Trinajstić information content (AvgIpc) is 3.19. The lowest BCUT2D eigenvalue weighted by Gasteiger charge is -2.30. The molecule has 0 spiro atoms. The van der Waals surface area contributed by atoms with E-state index >= 15 is 0 Å². The van der Waals surface area contributed by atoms with Crippen LogP contribution in [0.5, 0.6) is 0 Å². The maximum absolute atomic E-state index is 12.5. The van der Waals surface area contributed by atoms with E-state index in [4.69, 9.17) is 4.52 Å². The summed E-state index contributed by atoms with van der Waals surface area (Å²) in [4.78, 5) is 19.3. The quantitative estimate of drug-likeness (QED) is 0.546. The van der Waals surface area contributed by atoms with Crippen LogP contribution in [0, 0.1) is 9.49 Å². The van der Waals surface area contributed by atoms with Crippen molar-refractivity contribution < 1.29 is 9.32 Å². The molecule has 1 fully saturated rings. The molecule has 2 heterocycles. The van der Waals surface area contributed by atoms with Crippen molar-refractivity contribution in [3.8, 4) is 11.4 Å². The molecule has 1 aromatic heterocycles. The molecule has 6 nitrogen and oxygen atoms in total. The Morgan fingerprint density at radius 3 is 2.54 bits per heavy atom. The van der Waals surface area contributed by atoms with E-state index in [0.717, 1.165) is 40.8 Å². The van der Waals surface area contributed by atoms with Crippen LogP contribution in [0.3, 0.4) is 0 Å². The summed E-state index contributed by atoms with van der Waals surface area (Å²) in [5.74, 6) is 1.37. The van der Waals surface area contributed by atoms with Crippen molar-refractivity contribution in [2.75, 3.05) is 18.4 Å². The first-order valence-corrected chi connectivity index (χ1v) is 10.4. The highest BCUT2D eigenvalue weighted by atomic mass is 127. The Labute approximate surface area is 177 Å². The maximum atomic E-state index is 12.5. The Balaban J connectivity index is 1.28. The van der Waals surface area contributed by atoms with Gasteiger partial charge in [0, 0.05) is 20.7 Å². The number of carbonyl (C=O) groups excluding carboxylic acids is 1. The molecule has 144 valence electrons. The molecule has 2 aromatic carbocycles. The Bertz CT molecular complexity index is 919. The summed E-state index contributed by atoms with van der Waals surface area (Å²) in [6.07, 6.45) is 1.66. The van der Waals surface area contributed by atoms with Gasteiger partial charge in [-0.05, 0) is 72.8 Å². The Hall–Kier alpha value is -2.26. The van der Waals surface area contributed by atoms with E-state index in [1.807, 2.05) is 54.6 Å². The van der Waals surface area contributed by atoms with Gasteiger partial charge in [0.25, 0.3) is 0 Å². The minimum Gasteiger partial charge on any atom is -0.338 e. The number of piperidine rings is 1. The number of halogens is 1. The molecular weight excluding hydrogens is 467 g/mol. The third-order valence-corrected chi connectivity index (χ3v) is 5.65. The third-order valence-electron chi connectivity index (χ3n) is 4.93. The molecule has 0 unspecified atom stereocenters. The van der Waals surface area contributed by atoms with E-state index in [1.165, 1.54) is 0 Å². The minimum absolute atomic E-state index is 0.0399. The fourth-order valence-electron chi connectivity index (χ4n) is 3.35. The molecule has 1 N–H and O–H groups in total. The number of hydrogen-bond acceptors (Lipinski definition) is 5. The van der Waals surface area contributed by atoms with Crippen molar-refractivity contribution in [3.63, 3.8) is 0 Å². The van der Waals surface area contributed by atoms with E-state index < -0.39 is 0 Å². The van der Waals surface area contributed by atoms with E-state index in [2.05, 4.69) is 42.9 Å². The summed E-state index contributed by atoms with van der Waals surface area (Å²) in [6.45, 7) is 2.30. The molecular formula is C21H21IN4O2. The van der Waals surface area contributed by atoms with Gasteiger partial charge in [0.15, 0.2) is 0 Å². The van der Waals surface area contributed by atoms with E-state index in [0.29, 0.717) is 18.3 Å². The van der Waals surface area contributed by atoms with Crippen LogP contribution >= 0.6 is 22.6 Å². The van der Waals surface area contributed by atoms with Gasteiger partial charge in [0.2, 0.25) is 17.6 Å². The van der Waals surface area contributed by atoms with Crippen LogP contribution < -0.4 is 5.32 Å². The van der Waals surface area contributed by atoms with E-state index in [9.17, 15) is 4.79 Å². The van der Waals surface area contributed by atoms with Crippen LogP contribution in [-0.2, 0) is 11.3 Å². The lowest BCUT2D eigenvalue weighted by molar-refractivity contribution is -0.121. The molecule has 0 bridgehead atoms. The Kier molecular flexibility index (Phi) is 6.01. The predicted octanol–water partition coefficient (Wildman–Crippen LogP) is 4.19. The molecule has 0 atom stereocenters. The fourth-order valence-corrected chi connectivity index (χ4v) is 3.71. The van der Waals surface area contributed by atoms with Crippen LogP contribution in [0.2, 0.25) is 0 Å². The zero-order valence-corrected chi connectivity index (χ0v) is 17.5. The average molecular weight is 488 g/mol. The summed E-state index contributed by atoms with van der Waals surface area (Å²) < 4.78 is 6.56. The number of amides is 1. The number of anilines is 1. The number of benzene rings is 2. The van der Waals surface area contributed by atoms with Crippen LogP contribution in [0.15, 0.2) is 59.1 Å². The smallest absolute Gasteiger partial charge is 0.241 e. The Morgan fingerprint density at radius 2 is 1.82 bits per heavy atom. The second-order valence-corrected chi connectivity index (χ2v) is 8.17. The normalized spacial score (nSPS) is 15.5. The van der Waals surface area contributed by atoms with E-state index in [1.54, 1.807) is 0 Å². The van der Waals surface area contributed by atoms with Crippen molar-refractivity contribution in [1.82, 2.24) is 15.0 Å². The van der Waals surface area contributed by atoms with E-state index in [-0.39, 0.29) is 11.8 Å². The molecule has 1 saturated heterocycles. The highest BCUT2D eigenvalue weighted by Gasteiger charge is 2.26. The van der Waals surface area contributed by atoms with Crippen LogP contribution in [0.25, 0.3) is 11.4 Å². The fraction of sp³-hybridized carbons (Fsp3) is 0.286. The third kappa shape index (κ3) is 4.77. The summed E-state index contributed by atoms with van der Waals surface area (Å²) in [6, 6.07) is 17.7. The largest absolute Gasteiger partial charge is 0.338 e. The van der Waals surface area contributed by atoms with Gasteiger partial charge in [0.05, 0.1) is 6.54 Å². The van der Waals surface area contributed by atoms with Crippen molar-refractivity contribution in [3.05, 3.63) is 64.1 Å². The van der Waals surface area contributed by atoms with Gasteiger partial charge in [-0.15, -0.1) is 0 Å². The van der Waals surface area contributed by atoms with Gasteiger partial charge in [-0.3, -0.25) is 9.69 Å². The molecule has 0 radical (unpaired) electrons. The maximum Gasteiger partial charge on any atom is 0.241 e. The van der Waals surface area contributed by atoms with Gasteiger partial charge in [-0.1, -0.05) is 35.5 Å². The number of likely N-dealkylation sites (tertiary alicyclic amines) is 1. The van der Waals surface area contributed by atoms with Gasteiger partial charge < -0.3 is 9.84 Å². The molecule has 1 amide bonds. The topological polar surface area (TPSA) is 71.3 Å². The number of rotatable bonds is 5. The van der Waals surface area contributed by atoms with Crippen molar-refractivity contribution in [2.45, 2.75) is 19.4 Å².